The Bertz CT molecular complexity index is 438. The summed E-state index contributed by atoms with van der Waals surface area (Å²) < 4.78 is 13.8. The van der Waals surface area contributed by atoms with E-state index in [0.717, 1.165) is 25.7 Å². The molecule has 1 aromatic carbocycles. The van der Waals surface area contributed by atoms with Crippen LogP contribution in [-0.2, 0) is 0 Å². The SMILES string of the molecule is Cl.N[C@@H](c1c(F)ccc(Cl)c1Cl)[C@H](O)C1CCCC1. The molecule has 6 heteroatoms. The van der Waals surface area contributed by atoms with Crippen molar-refractivity contribution in [2.75, 3.05) is 0 Å². The van der Waals surface area contributed by atoms with Crippen molar-refractivity contribution in [2.24, 2.45) is 11.7 Å². The summed E-state index contributed by atoms with van der Waals surface area (Å²) in [5.74, 6) is -0.400. The van der Waals surface area contributed by atoms with Crippen LogP contribution in [0, 0.1) is 11.7 Å². The maximum atomic E-state index is 13.8. The average molecular weight is 329 g/mol. The first-order valence-electron chi connectivity index (χ1n) is 6.09. The summed E-state index contributed by atoms with van der Waals surface area (Å²) >= 11 is 11.8. The minimum absolute atomic E-state index is 0. The normalized spacial score (nSPS) is 19.0. The van der Waals surface area contributed by atoms with Gasteiger partial charge in [-0.25, -0.2) is 4.39 Å². The fourth-order valence-corrected chi connectivity index (χ4v) is 3.06. The Kier molecular flexibility index (Phi) is 6.34. The maximum Gasteiger partial charge on any atom is 0.129 e. The number of hydrogen-bond donors (Lipinski definition) is 2. The van der Waals surface area contributed by atoms with Crippen LogP contribution in [0.1, 0.15) is 37.3 Å². The van der Waals surface area contributed by atoms with Crippen molar-refractivity contribution in [3.63, 3.8) is 0 Å². The Morgan fingerprint density at radius 2 is 1.84 bits per heavy atom. The van der Waals surface area contributed by atoms with Gasteiger partial charge in [-0.2, -0.15) is 0 Å². The second-order valence-electron chi connectivity index (χ2n) is 4.82. The van der Waals surface area contributed by atoms with Crippen LogP contribution >= 0.6 is 35.6 Å². The standard InChI is InChI=1S/C13H16Cl2FNO.ClH/c14-8-5-6-9(16)10(11(8)15)12(17)13(18)7-3-1-2-4-7;/h5-7,12-13,18H,1-4,17H2;1H/t12-,13+;/m0./s1. The molecule has 1 aliphatic carbocycles. The van der Waals surface area contributed by atoms with E-state index in [0.29, 0.717) is 0 Å². The third-order valence-corrected chi connectivity index (χ3v) is 4.48. The number of rotatable bonds is 3. The van der Waals surface area contributed by atoms with Crippen molar-refractivity contribution >= 4 is 35.6 Å². The second-order valence-corrected chi connectivity index (χ2v) is 5.60. The van der Waals surface area contributed by atoms with Gasteiger partial charge in [-0.1, -0.05) is 36.0 Å². The molecule has 0 radical (unpaired) electrons. The summed E-state index contributed by atoms with van der Waals surface area (Å²) in [7, 11) is 0. The third kappa shape index (κ3) is 3.53. The minimum atomic E-state index is -0.834. The number of halogens is 4. The molecule has 2 rings (SSSR count). The molecule has 0 spiro atoms. The molecule has 1 fully saturated rings. The van der Waals surface area contributed by atoms with Gasteiger partial charge in [0, 0.05) is 5.56 Å². The van der Waals surface area contributed by atoms with Crippen LogP contribution in [0.3, 0.4) is 0 Å². The molecular formula is C13H17Cl3FNO. The smallest absolute Gasteiger partial charge is 0.129 e. The molecule has 2 atom stereocenters. The predicted molar refractivity (Wildman–Crippen MR) is 78.6 cm³/mol. The topological polar surface area (TPSA) is 46.2 Å². The Labute approximate surface area is 128 Å². The van der Waals surface area contributed by atoms with Gasteiger partial charge in [-0.3, -0.25) is 0 Å². The Morgan fingerprint density at radius 3 is 2.42 bits per heavy atom. The lowest BCUT2D eigenvalue weighted by molar-refractivity contribution is 0.0833. The summed E-state index contributed by atoms with van der Waals surface area (Å²) in [5, 5.41) is 10.6. The zero-order chi connectivity index (χ0) is 13.3. The highest BCUT2D eigenvalue weighted by Crippen LogP contribution is 2.37. The van der Waals surface area contributed by atoms with E-state index in [-0.39, 0.29) is 33.9 Å². The molecule has 0 aromatic heterocycles. The molecule has 0 heterocycles. The second kappa shape index (κ2) is 7.09. The molecular weight excluding hydrogens is 312 g/mol. The Hall–Kier alpha value is -0.0600. The highest BCUT2D eigenvalue weighted by molar-refractivity contribution is 6.42. The van der Waals surface area contributed by atoms with E-state index >= 15 is 0 Å². The van der Waals surface area contributed by atoms with E-state index in [4.69, 9.17) is 28.9 Å². The highest BCUT2D eigenvalue weighted by Gasteiger charge is 2.31. The molecule has 2 nitrogen and oxygen atoms in total. The van der Waals surface area contributed by atoms with Crippen molar-refractivity contribution < 1.29 is 9.50 Å². The third-order valence-electron chi connectivity index (χ3n) is 3.66. The first-order chi connectivity index (χ1) is 8.52. The zero-order valence-electron chi connectivity index (χ0n) is 10.3. The average Bonchev–Trinajstić information content (AvgIpc) is 2.87. The number of benzene rings is 1. The van der Waals surface area contributed by atoms with Gasteiger partial charge < -0.3 is 10.8 Å². The van der Waals surface area contributed by atoms with Crippen LogP contribution in [0.2, 0.25) is 10.0 Å². The van der Waals surface area contributed by atoms with Crippen molar-refractivity contribution in [3.8, 4) is 0 Å². The highest BCUT2D eigenvalue weighted by atomic mass is 35.5. The first kappa shape index (κ1) is 17.0. The number of nitrogens with two attached hydrogens (primary N) is 1. The molecule has 1 saturated carbocycles. The van der Waals surface area contributed by atoms with Gasteiger partial charge in [0.1, 0.15) is 5.82 Å². The van der Waals surface area contributed by atoms with Gasteiger partial charge in [0.2, 0.25) is 0 Å². The molecule has 1 aliphatic rings. The molecule has 1 aromatic rings. The lowest BCUT2D eigenvalue weighted by atomic mass is 9.90. The molecule has 0 bridgehead atoms. The van der Waals surface area contributed by atoms with Gasteiger partial charge in [-0.15, -0.1) is 12.4 Å². The van der Waals surface area contributed by atoms with Crippen molar-refractivity contribution in [2.45, 2.75) is 37.8 Å². The molecule has 0 amide bonds. The molecule has 0 saturated heterocycles. The van der Waals surface area contributed by atoms with E-state index < -0.39 is 18.0 Å². The van der Waals surface area contributed by atoms with Crippen molar-refractivity contribution in [3.05, 3.63) is 33.6 Å². The molecule has 19 heavy (non-hydrogen) atoms. The summed E-state index contributed by atoms with van der Waals surface area (Å²) in [6, 6.07) is 1.78. The summed E-state index contributed by atoms with van der Waals surface area (Å²) in [6.07, 6.45) is 3.24. The monoisotopic (exact) mass is 327 g/mol. The summed E-state index contributed by atoms with van der Waals surface area (Å²) in [6.45, 7) is 0. The van der Waals surface area contributed by atoms with E-state index in [1.165, 1.54) is 12.1 Å². The number of hydrogen-bond acceptors (Lipinski definition) is 2. The van der Waals surface area contributed by atoms with Crippen molar-refractivity contribution in [1.29, 1.82) is 0 Å². The van der Waals surface area contributed by atoms with Crippen LogP contribution in [0.15, 0.2) is 12.1 Å². The van der Waals surface area contributed by atoms with Gasteiger partial charge in [0.15, 0.2) is 0 Å². The molecule has 3 N–H and O–H groups in total. The number of aliphatic hydroxyl groups excluding tert-OH is 1. The Morgan fingerprint density at radius 1 is 1.26 bits per heavy atom. The largest absolute Gasteiger partial charge is 0.391 e. The van der Waals surface area contributed by atoms with Gasteiger partial charge in [0.05, 0.1) is 22.2 Å². The zero-order valence-corrected chi connectivity index (χ0v) is 12.6. The van der Waals surface area contributed by atoms with Crippen LogP contribution in [0.5, 0.6) is 0 Å². The summed E-state index contributed by atoms with van der Waals surface area (Å²) in [5.41, 5.74) is 6.07. The van der Waals surface area contributed by atoms with Crippen LogP contribution in [0.25, 0.3) is 0 Å². The quantitative estimate of drug-likeness (QED) is 0.820. The van der Waals surface area contributed by atoms with Crippen molar-refractivity contribution in [1.82, 2.24) is 0 Å². The van der Waals surface area contributed by atoms with Gasteiger partial charge in [0.25, 0.3) is 0 Å². The van der Waals surface area contributed by atoms with Gasteiger partial charge >= 0.3 is 0 Å². The summed E-state index contributed by atoms with van der Waals surface area (Å²) in [4.78, 5) is 0. The number of aliphatic hydroxyl groups is 1. The molecule has 0 unspecified atom stereocenters. The van der Waals surface area contributed by atoms with E-state index in [1.807, 2.05) is 0 Å². The fraction of sp³-hybridized carbons (Fsp3) is 0.538. The van der Waals surface area contributed by atoms with E-state index in [2.05, 4.69) is 0 Å². The molecule has 108 valence electrons. The fourth-order valence-electron chi connectivity index (χ4n) is 2.61. The van der Waals surface area contributed by atoms with E-state index in [9.17, 15) is 9.50 Å². The van der Waals surface area contributed by atoms with Crippen LogP contribution in [0.4, 0.5) is 4.39 Å². The first-order valence-corrected chi connectivity index (χ1v) is 6.85. The lowest BCUT2D eigenvalue weighted by Crippen LogP contribution is -2.32. The van der Waals surface area contributed by atoms with Crippen LogP contribution < -0.4 is 5.73 Å². The lowest BCUT2D eigenvalue weighted by Gasteiger charge is -2.25. The van der Waals surface area contributed by atoms with E-state index in [1.54, 1.807) is 0 Å². The van der Waals surface area contributed by atoms with Crippen LogP contribution in [-0.4, -0.2) is 11.2 Å². The predicted octanol–water partition coefficient (Wildman–Crippen LogP) is 4.11. The van der Waals surface area contributed by atoms with Gasteiger partial charge in [-0.05, 0) is 30.9 Å². The Balaban J connectivity index is 0.00000180. The molecule has 0 aliphatic heterocycles. The maximum absolute atomic E-state index is 13.8. The minimum Gasteiger partial charge on any atom is -0.391 e.